The molecule has 22 heavy (non-hydrogen) atoms. The molecule has 3 N–H and O–H groups in total. The summed E-state index contributed by atoms with van der Waals surface area (Å²) in [5, 5.41) is 2.72. The van der Waals surface area contributed by atoms with Gasteiger partial charge >= 0.3 is 0 Å². The van der Waals surface area contributed by atoms with Crippen LogP contribution in [0, 0.1) is 0 Å². The summed E-state index contributed by atoms with van der Waals surface area (Å²) in [6.07, 6.45) is 9.68. The molecule has 0 aromatic carbocycles. The minimum atomic E-state index is -0.447. The van der Waals surface area contributed by atoms with Crippen LogP contribution in [0.15, 0.2) is 47.6 Å². The molecule has 0 rings (SSSR count). The second-order valence-electron chi connectivity index (χ2n) is 5.82. The van der Waals surface area contributed by atoms with Gasteiger partial charge in [0.1, 0.15) is 0 Å². The maximum absolute atomic E-state index is 11.0. The second-order valence-corrected chi connectivity index (χ2v) is 5.82. The van der Waals surface area contributed by atoms with E-state index >= 15 is 0 Å². The highest BCUT2D eigenvalue weighted by atomic mass is 16.2. The summed E-state index contributed by atoms with van der Waals surface area (Å²) in [6, 6.07) is -0.440. The molecule has 126 valence electrons. The van der Waals surface area contributed by atoms with Crippen LogP contribution in [-0.4, -0.2) is 18.0 Å². The fraction of sp³-hybridized carbons (Fsp3) is 0.526. The summed E-state index contributed by atoms with van der Waals surface area (Å²) < 4.78 is 0. The molecule has 0 saturated carbocycles. The maximum Gasteiger partial charge on any atom is 0.237 e. The molecule has 0 aliphatic carbocycles. The van der Waals surface area contributed by atoms with Crippen LogP contribution in [-0.2, 0) is 4.79 Å². The van der Waals surface area contributed by atoms with E-state index < -0.39 is 6.04 Å². The van der Waals surface area contributed by atoms with Crippen LogP contribution in [0.3, 0.4) is 0 Å². The number of nitrogens with one attached hydrogen (secondary N) is 1. The molecule has 0 heterocycles. The number of carbonyl (C=O) groups is 1. The van der Waals surface area contributed by atoms with Gasteiger partial charge in [0.25, 0.3) is 0 Å². The zero-order chi connectivity index (χ0) is 17.7. The third kappa shape index (κ3) is 14.8. The molecule has 0 aromatic rings. The Hall–Kier alpha value is -1.61. The highest BCUT2D eigenvalue weighted by molar-refractivity contribution is 5.81. The van der Waals surface area contributed by atoms with Crippen LogP contribution in [0.1, 0.15) is 54.9 Å². The van der Waals surface area contributed by atoms with E-state index in [1.54, 1.807) is 6.92 Å². The Balaban J connectivity index is 0. The van der Waals surface area contributed by atoms with Gasteiger partial charge in [-0.1, -0.05) is 54.5 Å². The van der Waals surface area contributed by atoms with Gasteiger partial charge in [-0.2, -0.15) is 0 Å². The Morgan fingerprint density at radius 1 is 1.23 bits per heavy atom. The van der Waals surface area contributed by atoms with Gasteiger partial charge in [-0.25, -0.2) is 0 Å². The van der Waals surface area contributed by atoms with Gasteiger partial charge < -0.3 is 11.1 Å². The third-order valence-corrected chi connectivity index (χ3v) is 2.83. The zero-order valence-electron chi connectivity index (χ0n) is 15.4. The molecule has 0 radical (unpaired) electrons. The number of hydrogen-bond donors (Lipinski definition) is 2. The minimum absolute atomic E-state index is 0.00787. The first-order chi connectivity index (χ1) is 10.1. The van der Waals surface area contributed by atoms with Crippen LogP contribution < -0.4 is 11.1 Å². The highest BCUT2D eigenvalue weighted by Crippen LogP contribution is 1.98. The van der Waals surface area contributed by atoms with Gasteiger partial charge in [0.2, 0.25) is 5.91 Å². The first-order valence-electron chi connectivity index (χ1n) is 7.81. The summed E-state index contributed by atoms with van der Waals surface area (Å²) in [5.74, 6) is -0.138. The predicted molar refractivity (Wildman–Crippen MR) is 98.7 cm³/mol. The average molecular weight is 306 g/mol. The number of nitrogens with two attached hydrogens (primary N) is 1. The van der Waals surface area contributed by atoms with Crippen molar-refractivity contribution in [2.24, 2.45) is 5.73 Å². The molecular formula is C19H34N2O. The first kappa shape index (κ1) is 22.7. The molecule has 0 spiro atoms. The van der Waals surface area contributed by atoms with Crippen LogP contribution >= 0.6 is 0 Å². The zero-order valence-corrected chi connectivity index (χ0v) is 15.4. The number of hydrogen-bond acceptors (Lipinski definition) is 2. The van der Waals surface area contributed by atoms with E-state index in [0.717, 1.165) is 12.0 Å². The summed E-state index contributed by atoms with van der Waals surface area (Å²) in [7, 11) is 0. The third-order valence-electron chi connectivity index (χ3n) is 2.83. The monoisotopic (exact) mass is 306 g/mol. The molecule has 0 fully saturated rings. The predicted octanol–water partition coefficient (Wildman–Crippen LogP) is 4.28. The van der Waals surface area contributed by atoms with E-state index in [-0.39, 0.29) is 11.9 Å². The molecule has 2 atom stereocenters. The van der Waals surface area contributed by atoms with E-state index in [1.807, 2.05) is 13.8 Å². The van der Waals surface area contributed by atoms with Crippen molar-refractivity contribution in [3.8, 4) is 0 Å². The van der Waals surface area contributed by atoms with Crippen LogP contribution in [0.25, 0.3) is 0 Å². The lowest BCUT2D eigenvalue weighted by atomic mass is 10.2. The van der Waals surface area contributed by atoms with Crippen molar-refractivity contribution < 1.29 is 4.79 Å². The van der Waals surface area contributed by atoms with Gasteiger partial charge in [-0.3, -0.25) is 4.79 Å². The molecule has 0 bridgehead atoms. The lowest BCUT2D eigenvalue weighted by molar-refractivity contribution is -0.122. The lowest BCUT2D eigenvalue weighted by Gasteiger charge is -2.14. The summed E-state index contributed by atoms with van der Waals surface area (Å²) >= 11 is 0. The maximum atomic E-state index is 11.0. The summed E-state index contributed by atoms with van der Waals surface area (Å²) in [5.41, 5.74) is 8.95. The molecule has 1 amide bonds. The largest absolute Gasteiger partial charge is 0.349 e. The Labute approximate surface area is 137 Å². The van der Waals surface area contributed by atoms with Gasteiger partial charge in [0.15, 0.2) is 0 Å². The fourth-order valence-electron chi connectivity index (χ4n) is 1.25. The quantitative estimate of drug-likeness (QED) is 0.568. The van der Waals surface area contributed by atoms with Gasteiger partial charge in [0.05, 0.1) is 6.04 Å². The Morgan fingerprint density at radius 2 is 1.77 bits per heavy atom. The van der Waals surface area contributed by atoms with E-state index in [1.165, 1.54) is 11.1 Å². The van der Waals surface area contributed by atoms with Gasteiger partial charge in [-0.15, -0.1) is 0 Å². The molecule has 1 unspecified atom stereocenters. The summed E-state index contributed by atoms with van der Waals surface area (Å²) in [4.78, 5) is 11.0. The van der Waals surface area contributed by atoms with Crippen LogP contribution in [0.5, 0.6) is 0 Å². The average Bonchev–Trinajstić information content (AvgIpc) is 2.38. The standard InChI is InChI=1S/C11H18.C8H16N2O/c1-5-7-11(4)9-6-8-10(2)3;1-5(2)7(4)10-8(11)6(3)9/h6-9H,5H2,1-4H3;6-7H,1,9H2,2-4H3,(H,10,11)/b9-6+,11-7+;/t;6-,7?/m.0/s1. The smallest absolute Gasteiger partial charge is 0.237 e. The number of carbonyl (C=O) groups excluding carboxylic acids is 1. The van der Waals surface area contributed by atoms with Crippen molar-refractivity contribution in [3.63, 3.8) is 0 Å². The normalized spacial score (nSPS) is 13.7. The molecule has 0 aromatic heterocycles. The van der Waals surface area contributed by atoms with Crippen molar-refractivity contribution in [1.82, 2.24) is 5.32 Å². The lowest BCUT2D eigenvalue weighted by Crippen LogP contribution is -2.42. The van der Waals surface area contributed by atoms with Crippen molar-refractivity contribution in [2.45, 2.75) is 67.0 Å². The minimum Gasteiger partial charge on any atom is -0.349 e. The number of rotatable bonds is 6. The SMILES string of the molecule is C=C(C)C(C)NC(=O)[C@H](C)N.CC/C=C(C)/C=C/C=C(C)C. The molecule has 0 saturated heterocycles. The van der Waals surface area contributed by atoms with Crippen molar-refractivity contribution in [2.75, 3.05) is 0 Å². The second kappa shape index (κ2) is 13.1. The summed E-state index contributed by atoms with van der Waals surface area (Å²) in [6.45, 7) is 17.6. The molecular weight excluding hydrogens is 272 g/mol. The first-order valence-corrected chi connectivity index (χ1v) is 7.81. The molecule has 0 aliphatic heterocycles. The fourth-order valence-corrected chi connectivity index (χ4v) is 1.25. The number of allylic oxidation sites excluding steroid dienone is 6. The van der Waals surface area contributed by atoms with E-state index in [9.17, 15) is 4.79 Å². The molecule has 3 nitrogen and oxygen atoms in total. The van der Waals surface area contributed by atoms with E-state index in [4.69, 9.17) is 5.73 Å². The topological polar surface area (TPSA) is 55.1 Å². The Bertz CT molecular complexity index is 425. The molecule has 0 aliphatic rings. The van der Waals surface area contributed by atoms with E-state index in [2.05, 4.69) is 63.9 Å². The van der Waals surface area contributed by atoms with Crippen LogP contribution in [0.4, 0.5) is 0 Å². The van der Waals surface area contributed by atoms with Crippen molar-refractivity contribution in [3.05, 3.63) is 47.6 Å². The van der Waals surface area contributed by atoms with Crippen molar-refractivity contribution >= 4 is 5.91 Å². The van der Waals surface area contributed by atoms with Gasteiger partial charge in [-0.05, 0) is 48.0 Å². The van der Waals surface area contributed by atoms with Crippen LogP contribution in [0.2, 0.25) is 0 Å². The molecule has 3 heteroatoms. The Morgan fingerprint density at radius 3 is 2.14 bits per heavy atom. The number of amides is 1. The Kier molecular flexibility index (Phi) is 13.5. The highest BCUT2D eigenvalue weighted by Gasteiger charge is 2.10. The van der Waals surface area contributed by atoms with Crippen molar-refractivity contribution in [1.29, 1.82) is 0 Å². The van der Waals surface area contributed by atoms with E-state index in [0.29, 0.717) is 0 Å². The van der Waals surface area contributed by atoms with Gasteiger partial charge in [0, 0.05) is 6.04 Å².